The summed E-state index contributed by atoms with van der Waals surface area (Å²) in [5.74, 6) is 0.968. The molecule has 1 heteroatoms. The highest BCUT2D eigenvalue weighted by molar-refractivity contribution is 5.27. The van der Waals surface area contributed by atoms with Crippen LogP contribution in [0.15, 0.2) is 24.3 Å². The van der Waals surface area contributed by atoms with E-state index < -0.39 is 0 Å². The van der Waals surface area contributed by atoms with Gasteiger partial charge in [0.05, 0.1) is 6.61 Å². The molecule has 0 radical (unpaired) electrons. The van der Waals surface area contributed by atoms with Crippen LogP contribution >= 0.6 is 0 Å². The van der Waals surface area contributed by atoms with E-state index in [1.54, 1.807) is 0 Å². The Morgan fingerprint density at radius 1 is 1.13 bits per heavy atom. The standard InChI is InChI=1S/C12H18O.C2H6/c1-10-6-5-7-11(8-10)13-9-12(2,3)4;1-2/h5-8H,9H2,1-4H3;1-2H3. The Hall–Kier alpha value is -0.980. The second kappa shape index (κ2) is 6.49. The summed E-state index contributed by atoms with van der Waals surface area (Å²) >= 11 is 0. The van der Waals surface area contributed by atoms with E-state index in [4.69, 9.17) is 4.74 Å². The summed E-state index contributed by atoms with van der Waals surface area (Å²) in [6.07, 6.45) is 0. The van der Waals surface area contributed by atoms with Crippen LogP contribution < -0.4 is 4.74 Å². The van der Waals surface area contributed by atoms with Crippen molar-refractivity contribution in [2.75, 3.05) is 6.61 Å². The summed E-state index contributed by atoms with van der Waals surface area (Å²) in [7, 11) is 0. The van der Waals surface area contributed by atoms with Crippen molar-refractivity contribution in [2.24, 2.45) is 5.41 Å². The first-order chi connectivity index (χ1) is 6.97. The summed E-state index contributed by atoms with van der Waals surface area (Å²) in [6.45, 7) is 13.3. The van der Waals surface area contributed by atoms with Crippen LogP contribution in [-0.4, -0.2) is 6.61 Å². The van der Waals surface area contributed by atoms with Gasteiger partial charge in [-0.05, 0) is 30.0 Å². The van der Waals surface area contributed by atoms with E-state index in [0.717, 1.165) is 12.4 Å². The molecule has 0 amide bonds. The first kappa shape index (κ1) is 14.0. The molecule has 1 nitrogen and oxygen atoms in total. The molecular formula is C14H24O. The summed E-state index contributed by atoms with van der Waals surface area (Å²) in [6, 6.07) is 8.15. The van der Waals surface area contributed by atoms with Crippen LogP contribution in [0.3, 0.4) is 0 Å². The van der Waals surface area contributed by atoms with Crippen molar-refractivity contribution in [3.05, 3.63) is 29.8 Å². The van der Waals surface area contributed by atoms with Crippen LogP contribution in [0.5, 0.6) is 5.75 Å². The number of hydrogen-bond donors (Lipinski definition) is 0. The van der Waals surface area contributed by atoms with E-state index in [1.165, 1.54) is 5.56 Å². The molecule has 0 spiro atoms. The maximum absolute atomic E-state index is 5.65. The summed E-state index contributed by atoms with van der Waals surface area (Å²) in [4.78, 5) is 0. The zero-order valence-electron chi connectivity index (χ0n) is 10.9. The van der Waals surface area contributed by atoms with Gasteiger partial charge in [0, 0.05) is 0 Å². The third-order valence-corrected chi connectivity index (χ3v) is 1.66. The Labute approximate surface area is 94.5 Å². The lowest BCUT2D eigenvalue weighted by molar-refractivity contribution is 0.198. The SMILES string of the molecule is CC.Cc1cccc(OCC(C)(C)C)c1. The Kier molecular flexibility index (Phi) is 6.07. The van der Waals surface area contributed by atoms with E-state index in [1.807, 2.05) is 26.0 Å². The predicted molar refractivity (Wildman–Crippen MR) is 67.5 cm³/mol. The fourth-order valence-corrected chi connectivity index (χ4v) is 1.00. The van der Waals surface area contributed by atoms with Crippen molar-refractivity contribution < 1.29 is 4.74 Å². The van der Waals surface area contributed by atoms with Crippen LogP contribution in [0.25, 0.3) is 0 Å². The van der Waals surface area contributed by atoms with E-state index >= 15 is 0 Å². The van der Waals surface area contributed by atoms with E-state index in [2.05, 4.69) is 39.8 Å². The summed E-state index contributed by atoms with van der Waals surface area (Å²) in [5, 5.41) is 0. The van der Waals surface area contributed by atoms with Crippen LogP contribution in [0.2, 0.25) is 0 Å². The van der Waals surface area contributed by atoms with Gasteiger partial charge in [-0.25, -0.2) is 0 Å². The number of hydrogen-bond acceptors (Lipinski definition) is 1. The van der Waals surface area contributed by atoms with Crippen molar-refractivity contribution in [1.82, 2.24) is 0 Å². The molecule has 1 rings (SSSR count). The van der Waals surface area contributed by atoms with E-state index in [-0.39, 0.29) is 5.41 Å². The molecule has 86 valence electrons. The van der Waals surface area contributed by atoms with Gasteiger partial charge in [0.2, 0.25) is 0 Å². The van der Waals surface area contributed by atoms with Crippen LogP contribution in [-0.2, 0) is 0 Å². The van der Waals surface area contributed by atoms with Crippen molar-refractivity contribution in [1.29, 1.82) is 0 Å². The molecule has 0 unspecified atom stereocenters. The molecule has 0 bridgehead atoms. The monoisotopic (exact) mass is 208 g/mol. The topological polar surface area (TPSA) is 9.23 Å². The fraction of sp³-hybridized carbons (Fsp3) is 0.571. The molecule has 0 N–H and O–H groups in total. The fourth-order valence-electron chi connectivity index (χ4n) is 1.00. The Balaban J connectivity index is 0.000000921. The van der Waals surface area contributed by atoms with E-state index in [0.29, 0.717) is 0 Å². The molecular weight excluding hydrogens is 184 g/mol. The smallest absolute Gasteiger partial charge is 0.119 e. The molecule has 0 aliphatic rings. The molecule has 0 saturated heterocycles. The van der Waals surface area contributed by atoms with Gasteiger partial charge in [0.25, 0.3) is 0 Å². The van der Waals surface area contributed by atoms with E-state index in [9.17, 15) is 0 Å². The minimum Gasteiger partial charge on any atom is -0.493 e. The number of benzene rings is 1. The minimum absolute atomic E-state index is 0.226. The molecule has 0 saturated carbocycles. The average molecular weight is 208 g/mol. The molecule has 0 atom stereocenters. The highest BCUT2D eigenvalue weighted by Crippen LogP contribution is 2.18. The molecule has 0 aliphatic heterocycles. The van der Waals surface area contributed by atoms with Crippen molar-refractivity contribution in [3.8, 4) is 5.75 Å². The molecule has 1 aromatic carbocycles. The second-order valence-corrected chi connectivity index (χ2v) is 4.67. The van der Waals surface area contributed by atoms with Crippen LogP contribution in [0.1, 0.15) is 40.2 Å². The van der Waals surface area contributed by atoms with Gasteiger partial charge in [-0.2, -0.15) is 0 Å². The van der Waals surface area contributed by atoms with Gasteiger partial charge >= 0.3 is 0 Å². The van der Waals surface area contributed by atoms with Crippen LogP contribution in [0.4, 0.5) is 0 Å². The second-order valence-electron chi connectivity index (χ2n) is 4.67. The maximum Gasteiger partial charge on any atom is 0.119 e. The van der Waals surface area contributed by atoms with Gasteiger partial charge in [-0.1, -0.05) is 46.8 Å². The van der Waals surface area contributed by atoms with Gasteiger partial charge in [-0.3, -0.25) is 0 Å². The number of aryl methyl sites for hydroxylation is 1. The van der Waals surface area contributed by atoms with Gasteiger partial charge < -0.3 is 4.74 Å². The molecule has 15 heavy (non-hydrogen) atoms. The highest BCUT2D eigenvalue weighted by Gasteiger charge is 2.10. The third kappa shape index (κ3) is 7.01. The predicted octanol–water partition coefficient (Wildman–Crippen LogP) is 4.45. The molecule has 0 aromatic heterocycles. The minimum atomic E-state index is 0.226. The lowest BCUT2D eigenvalue weighted by Gasteiger charge is -2.18. The summed E-state index contributed by atoms with van der Waals surface area (Å²) in [5.41, 5.74) is 1.47. The van der Waals surface area contributed by atoms with Gasteiger partial charge in [0.15, 0.2) is 0 Å². The molecule has 1 aromatic rings. The normalized spacial score (nSPS) is 10.3. The quantitative estimate of drug-likeness (QED) is 0.698. The Morgan fingerprint density at radius 3 is 2.20 bits per heavy atom. The Morgan fingerprint density at radius 2 is 1.73 bits per heavy atom. The van der Waals surface area contributed by atoms with Crippen molar-refractivity contribution in [3.63, 3.8) is 0 Å². The Bertz CT molecular complexity index is 271. The van der Waals surface area contributed by atoms with Gasteiger partial charge in [0.1, 0.15) is 5.75 Å². The number of rotatable bonds is 2. The summed E-state index contributed by atoms with van der Waals surface area (Å²) < 4.78 is 5.65. The van der Waals surface area contributed by atoms with Crippen molar-refractivity contribution in [2.45, 2.75) is 41.5 Å². The third-order valence-electron chi connectivity index (χ3n) is 1.66. The van der Waals surface area contributed by atoms with Crippen molar-refractivity contribution >= 4 is 0 Å². The zero-order chi connectivity index (χ0) is 11.9. The molecule has 0 aliphatic carbocycles. The lowest BCUT2D eigenvalue weighted by atomic mass is 9.99. The largest absolute Gasteiger partial charge is 0.493 e. The first-order valence-electron chi connectivity index (χ1n) is 5.67. The maximum atomic E-state index is 5.65. The molecule has 0 heterocycles. The average Bonchev–Trinajstić information content (AvgIpc) is 2.17. The lowest BCUT2D eigenvalue weighted by Crippen LogP contribution is -2.16. The first-order valence-corrected chi connectivity index (χ1v) is 5.67. The molecule has 0 fully saturated rings. The highest BCUT2D eigenvalue weighted by atomic mass is 16.5. The zero-order valence-corrected chi connectivity index (χ0v) is 10.9. The van der Waals surface area contributed by atoms with Crippen LogP contribution in [0, 0.1) is 12.3 Å². The van der Waals surface area contributed by atoms with Gasteiger partial charge in [-0.15, -0.1) is 0 Å². The number of ether oxygens (including phenoxy) is 1.